The predicted molar refractivity (Wildman–Crippen MR) is 119 cm³/mol. The molecule has 0 saturated heterocycles. The van der Waals surface area contributed by atoms with Crippen LogP contribution in [0.25, 0.3) is 0 Å². The van der Waals surface area contributed by atoms with Gasteiger partial charge in [0.05, 0.1) is 0 Å². The maximum atomic E-state index is 11.6. The molecule has 0 aliphatic rings. The average Bonchev–Trinajstić information content (AvgIpc) is 3.18. The lowest BCUT2D eigenvalue weighted by Crippen LogP contribution is -2.38. The van der Waals surface area contributed by atoms with E-state index in [9.17, 15) is 14.7 Å². The van der Waals surface area contributed by atoms with Crippen molar-refractivity contribution in [1.82, 2.24) is 9.55 Å². The summed E-state index contributed by atoms with van der Waals surface area (Å²) < 4.78 is 11.1. The highest BCUT2D eigenvalue weighted by Gasteiger charge is 2.43. The number of aromatic nitrogens is 2. The number of rotatable bonds is 6. The van der Waals surface area contributed by atoms with Gasteiger partial charge in [-0.2, -0.15) is 4.98 Å². The van der Waals surface area contributed by atoms with Gasteiger partial charge in [-0.3, -0.25) is 4.57 Å². The molecule has 1 aromatic heterocycles. The number of hydrogen-bond acceptors (Lipinski definition) is 5. The number of ether oxygens (including phenoxy) is 2. The largest absolute Gasteiger partial charge is 0.512 e. The third kappa shape index (κ3) is 3.99. The van der Waals surface area contributed by atoms with Gasteiger partial charge in [0.1, 0.15) is 11.9 Å². The Hall–Kier alpha value is -4.30. The molecule has 0 radical (unpaired) electrons. The summed E-state index contributed by atoms with van der Waals surface area (Å²) in [6.07, 6.45) is -2.07. The summed E-state index contributed by atoms with van der Waals surface area (Å²) in [5, 5.41) is 18.9. The van der Waals surface area contributed by atoms with Gasteiger partial charge in [0.25, 0.3) is 11.8 Å². The van der Waals surface area contributed by atoms with Crippen LogP contribution in [-0.4, -0.2) is 32.1 Å². The molecule has 166 valence electrons. The van der Waals surface area contributed by atoms with Crippen molar-refractivity contribution in [3.63, 3.8) is 0 Å². The third-order valence-electron chi connectivity index (χ3n) is 5.07. The van der Waals surface area contributed by atoms with E-state index in [1.54, 1.807) is 24.3 Å². The molecule has 0 aliphatic carbocycles. The van der Waals surface area contributed by atoms with E-state index < -0.39 is 29.6 Å². The van der Waals surface area contributed by atoms with Crippen molar-refractivity contribution in [3.05, 3.63) is 113 Å². The van der Waals surface area contributed by atoms with E-state index >= 15 is 0 Å². The van der Waals surface area contributed by atoms with Crippen LogP contribution in [0.2, 0.25) is 5.02 Å². The lowest BCUT2D eigenvalue weighted by molar-refractivity contribution is 0.128. The number of halogens is 1. The molecule has 3 aromatic carbocycles. The molecule has 0 spiro atoms. The van der Waals surface area contributed by atoms with E-state index in [-0.39, 0.29) is 0 Å². The van der Waals surface area contributed by atoms with E-state index in [1.807, 2.05) is 60.7 Å². The Kier molecular flexibility index (Phi) is 6.01. The van der Waals surface area contributed by atoms with Crippen LogP contribution in [0.3, 0.4) is 0 Å². The van der Waals surface area contributed by atoms with Crippen LogP contribution in [-0.2, 0) is 5.54 Å². The van der Waals surface area contributed by atoms with E-state index in [0.29, 0.717) is 21.7 Å². The fourth-order valence-electron chi connectivity index (χ4n) is 3.89. The van der Waals surface area contributed by atoms with Gasteiger partial charge in [0.2, 0.25) is 0 Å². The molecule has 33 heavy (non-hydrogen) atoms. The number of nitrogens with zero attached hydrogens (tertiary/aromatic N) is 2. The highest BCUT2D eigenvalue weighted by molar-refractivity contribution is 6.31. The van der Waals surface area contributed by atoms with Crippen LogP contribution in [0.15, 0.2) is 91.3 Å². The standard InChI is InChI=1S/C24H17ClN2O6/c25-19-14-8-7-13-18(19)24(16-9-3-1-4-10-16,17-11-5-2-6-12-17)27-15-26-20(32-22(28)29)21(27)33-23(30)31/h1-15H,(H,28,29)(H,30,31). The van der Waals surface area contributed by atoms with E-state index in [4.69, 9.17) is 26.2 Å². The molecule has 0 atom stereocenters. The second kappa shape index (κ2) is 9.05. The highest BCUT2D eigenvalue weighted by Crippen LogP contribution is 2.47. The Bertz CT molecular complexity index is 1250. The van der Waals surface area contributed by atoms with E-state index in [1.165, 1.54) is 10.9 Å². The van der Waals surface area contributed by atoms with Gasteiger partial charge in [0, 0.05) is 10.6 Å². The number of carbonyl (C=O) groups is 2. The summed E-state index contributed by atoms with van der Waals surface area (Å²) in [6, 6.07) is 25.4. The molecule has 4 rings (SSSR count). The van der Waals surface area contributed by atoms with Crippen molar-refractivity contribution < 1.29 is 29.3 Å². The van der Waals surface area contributed by atoms with E-state index in [0.717, 1.165) is 0 Å². The molecule has 0 amide bonds. The quantitative estimate of drug-likeness (QED) is 0.286. The van der Waals surface area contributed by atoms with Gasteiger partial charge in [-0.15, -0.1) is 0 Å². The average molecular weight is 465 g/mol. The van der Waals surface area contributed by atoms with Gasteiger partial charge >= 0.3 is 12.3 Å². The number of imidazole rings is 1. The predicted octanol–water partition coefficient (Wildman–Crippen LogP) is 5.49. The smallest absolute Gasteiger partial charge is 0.449 e. The maximum absolute atomic E-state index is 11.6. The molecule has 0 unspecified atom stereocenters. The minimum Gasteiger partial charge on any atom is -0.449 e. The van der Waals surface area contributed by atoms with Crippen molar-refractivity contribution in [2.45, 2.75) is 5.54 Å². The first-order chi connectivity index (χ1) is 15.9. The molecule has 0 aliphatic heterocycles. The zero-order chi connectivity index (χ0) is 23.4. The van der Waals surface area contributed by atoms with E-state index in [2.05, 4.69) is 4.98 Å². The first-order valence-corrected chi connectivity index (χ1v) is 10.1. The molecule has 0 fully saturated rings. The molecule has 8 nitrogen and oxygen atoms in total. The Morgan fingerprint density at radius 2 is 1.30 bits per heavy atom. The van der Waals surface area contributed by atoms with Crippen LogP contribution in [0.1, 0.15) is 16.7 Å². The van der Waals surface area contributed by atoms with Gasteiger partial charge in [-0.1, -0.05) is 90.5 Å². The normalized spacial score (nSPS) is 11.1. The Balaban J connectivity index is 2.17. The Labute approximate surface area is 193 Å². The molecule has 9 heteroatoms. The molecule has 0 bridgehead atoms. The van der Waals surface area contributed by atoms with Crippen molar-refractivity contribution in [3.8, 4) is 11.8 Å². The van der Waals surface area contributed by atoms with Crippen molar-refractivity contribution in [2.24, 2.45) is 0 Å². The lowest BCUT2D eigenvalue weighted by atomic mass is 9.76. The summed E-state index contributed by atoms with van der Waals surface area (Å²) in [6.45, 7) is 0. The Morgan fingerprint density at radius 1 is 0.788 bits per heavy atom. The topological polar surface area (TPSA) is 111 Å². The molecule has 4 aromatic rings. The molecule has 0 saturated carbocycles. The Morgan fingerprint density at radius 3 is 1.82 bits per heavy atom. The fraction of sp³-hybridized carbons (Fsp3) is 0.0417. The summed E-state index contributed by atoms with van der Waals surface area (Å²) >= 11 is 6.69. The summed E-state index contributed by atoms with van der Waals surface area (Å²) in [5.74, 6) is -0.939. The molecule has 1 heterocycles. The van der Waals surface area contributed by atoms with Crippen molar-refractivity contribution in [1.29, 1.82) is 0 Å². The van der Waals surface area contributed by atoms with Crippen molar-refractivity contribution >= 4 is 23.9 Å². The first-order valence-electron chi connectivity index (χ1n) is 9.70. The second-order valence-electron chi connectivity index (χ2n) is 6.88. The number of benzene rings is 3. The summed E-state index contributed by atoms with van der Waals surface area (Å²) in [4.78, 5) is 26.8. The van der Waals surface area contributed by atoms with Crippen LogP contribution in [0.5, 0.6) is 11.8 Å². The van der Waals surface area contributed by atoms with Gasteiger partial charge < -0.3 is 19.7 Å². The minimum atomic E-state index is -1.67. The molecule has 2 N–H and O–H groups in total. The summed E-state index contributed by atoms with van der Waals surface area (Å²) in [5.41, 5.74) is 0.676. The van der Waals surface area contributed by atoms with Crippen LogP contribution in [0.4, 0.5) is 9.59 Å². The third-order valence-corrected chi connectivity index (χ3v) is 5.40. The SMILES string of the molecule is O=C(O)Oc1ncn(C(c2ccccc2)(c2ccccc2)c2ccccc2Cl)c1OC(=O)O. The number of carboxylic acid groups (broad SMARTS) is 2. The van der Waals surface area contributed by atoms with Gasteiger partial charge in [0.15, 0.2) is 0 Å². The van der Waals surface area contributed by atoms with Crippen LogP contribution >= 0.6 is 11.6 Å². The van der Waals surface area contributed by atoms with Gasteiger partial charge in [-0.05, 0) is 17.2 Å². The summed E-state index contributed by atoms with van der Waals surface area (Å²) in [7, 11) is 0. The van der Waals surface area contributed by atoms with Crippen LogP contribution < -0.4 is 9.47 Å². The molecular formula is C24H17ClN2O6. The number of hydrogen-bond donors (Lipinski definition) is 2. The van der Waals surface area contributed by atoms with Crippen LogP contribution in [0, 0.1) is 0 Å². The van der Waals surface area contributed by atoms with Gasteiger partial charge in [-0.25, -0.2) is 9.59 Å². The molecular weight excluding hydrogens is 448 g/mol. The lowest BCUT2D eigenvalue weighted by Gasteiger charge is -2.38. The second-order valence-corrected chi connectivity index (χ2v) is 7.29. The maximum Gasteiger partial charge on any atom is 0.512 e. The monoisotopic (exact) mass is 464 g/mol. The zero-order valence-corrected chi connectivity index (χ0v) is 17.7. The van der Waals surface area contributed by atoms with Crippen molar-refractivity contribution in [2.75, 3.05) is 0 Å². The fourth-order valence-corrected chi connectivity index (χ4v) is 4.16. The zero-order valence-electron chi connectivity index (χ0n) is 17.0. The minimum absolute atomic E-state index is 0.390. The first kappa shape index (κ1) is 21.9. The highest BCUT2D eigenvalue weighted by atomic mass is 35.5.